The highest BCUT2D eigenvalue weighted by Gasteiger charge is 2.78. The van der Waals surface area contributed by atoms with Crippen molar-refractivity contribution < 1.29 is 9.53 Å². The standard InChI is InChI=1S/C26H34O2/c1-2-25-10-8-19-18-7-6-17(27)12-16(18)13-20(15-4-5-15)23(19)24(25)21-14-22(21)26(25)9-3-11-28-26/h3,9,12,15,18-24H,2,4-8,10-11,13-14H2,1H3/t18-,19?,20-,21+,22-,23?,24?,25-,26-/m0/s1. The predicted octanol–water partition coefficient (Wildman–Crippen LogP) is 5.34. The Morgan fingerprint density at radius 3 is 2.79 bits per heavy atom. The highest BCUT2D eigenvalue weighted by atomic mass is 16.5. The van der Waals surface area contributed by atoms with Gasteiger partial charge in [0, 0.05) is 11.8 Å². The fourth-order valence-corrected chi connectivity index (χ4v) is 9.76. The minimum absolute atomic E-state index is 0.0782. The molecule has 0 radical (unpaired) electrons. The second kappa shape index (κ2) is 5.42. The van der Waals surface area contributed by atoms with Crippen molar-refractivity contribution in [2.24, 2.45) is 52.8 Å². The van der Waals surface area contributed by atoms with E-state index in [0.29, 0.717) is 11.2 Å². The zero-order valence-corrected chi connectivity index (χ0v) is 17.2. The lowest BCUT2D eigenvalue weighted by Gasteiger charge is -2.60. The van der Waals surface area contributed by atoms with Crippen molar-refractivity contribution in [1.82, 2.24) is 0 Å². The van der Waals surface area contributed by atoms with Crippen LogP contribution in [0.1, 0.15) is 64.7 Å². The van der Waals surface area contributed by atoms with Gasteiger partial charge in [-0.05, 0) is 105 Å². The molecule has 5 fully saturated rings. The van der Waals surface area contributed by atoms with E-state index in [1.165, 1.54) is 44.9 Å². The fraction of sp³-hybridized carbons (Fsp3) is 0.808. The van der Waals surface area contributed by atoms with Gasteiger partial charge in [-0.1, -0.05) is 24.6 Å². The van der Waals surface area contributed by atoms with E-state index >= 15 is 0 Å². The van der Waals surface area contributed by atoms with Crippen LogP contribution < -0.4 is 0 Å². The van der Waals surface area contributed by atoms with Crippen molar-refractivity contribution in [1.29, 1.82) is 0 Å². The van der Waals surface area contributed by atoms with Crippen molar-refractivity contribution >= 4 is 5.78 Å². The lowest BCUT2D eigenvalue weighted by molar-refractivity contribution is -0.153. The molecule has 150 valence electrons. The van der Waals surface area contributed by atoms with Crippen LogP contribution in [-0.4, -0.2) is 18.0 Å². The fourth-order valence-electron chi connectivity index (χ4n) is 9.76. The van der Waals surface area contributed by atoms with Crippen LogP contribution in [-0.2, 0) is 9.53 Å². The first-order valence-corrected chi connectivity index (χ1v) is 12.2. The number of hydrogen-bond acceptors (Lipinski definition) is 2. The summed E-state index contributed by atoms with van der Waals surface area (Å²) in [6.45, 7) is 3.31. The Morgan fingerprint density at radius 2 is 2.04 bits per heavy atom. The van der Waals surface area contributed by atoms with Gasteiger partial charge in [0.05, 0.1) is 12.2 Å². The van der Waals surface area contributed by atoms with Gasteiger partial charge < -0.3 is 4.74 Å². The average molecular weight is 379 g/mol. The number of ether oxygens (including phenoxy) is 1. The first-order chi connectivity index (χ1) is 13.7. The Hall–Kier alpha value is -0.890. The molecular formula is C26H34O2. The molecule has 0 bridgehead atoms. The number of carbonyl (C=O) groups excluding carboxylic acids is 1. The molecule has 1 spiro atoms. The van der Waals surface area contributed by atoms with Gasteiger partial charge in [-0.15, -0.1) is 0 Å². The molecule has 1 aliphatic heterocycles. The maximum absolute atomic E-state index is 12.2. The Bertz CT molecular complexity index is 790. The molecule has 0 amide bonds. The number of fused-ring (bicyclic) bond motifs is 9. The zero-order valence-electron chi connectivity index (χ0n) is 17.2. The highest BCUT2D eigenvalue weighted by Crippen LogP contribution is 2.79. The zero-order chi connectivity index (χ0) is 18.7. The molecule has 1 heterocycles. The van der Waals surface area contributed by atoms with Crippen LogP contribution >= 0.6 is 0 Å². The Morgan fingerprint density at radius 1 is 1.14 bits per heavy atom. The first kappa shape index (κ1) is 16.9. The van der Waals surface area contributed by atoms with E-state index in [2.05, 4.69) is 25.2 Å². The monoisotopic (exact) mass is 378 g/mol. The van der Waals surface area contributed by atoms with Gasteiger partial charge in [0.15, 0.2) is 5.78 Å². The van der Waals surface area contributed by atoms with Crippen LogP contribution in [0.15, 0.2) is 23.8 Å². The third-order valence-corrected chi connectivity index (χ3v) is 10.8. The number of rotatable bonds is 2. The van der Waals surface area contributed by atoms with Crippen LogP contribution in [0.4, 0.5) is 0 Å². The Balaban J connectivity index is 1.34. The largest absolute Gasteiger partial charge is 0.366 e. The molecule has 9 atom stereocenters. The van der Waals surface area contributed by atoms with E-state index in [1.54, 1.807) is 5.57 Å². The van der Waals surface area contributed by atoms with E-state index in [0.717, 1.165) is 66.8 Å². The Labute approximate surface area is 169 Å². The van der Waals surface area contributed by atoms with Gasteiger partial charge in [0.1, 0.15) is 0 Å². The molecule has 5 saturated carbocycles. The van der Waals surface area contributed by atoms with Crippen molar-refractivity contribution in [2.75, 3.05) is 6.61 Å². The summed E-state index contributed by atoms with van der Waals surface area (Å²) in [6, 6.07) is 0. The first-order valence-electron chi connectivity index (χ1n) is 12.2. The molecule has 2 heteroatoms. The molecule has 0 saturated heterocycles. The second-order valence-electron chi connectivity index (χ2n) is 11.4. The predicted molar refractivity (Wildman–Crippen MR) is 108 cm³/mol. The summed E-state index contributed by atoms with van der Waals surface area (Å²) < 4.78 is 6.66. The van der Waals surface area contributed by atoms with Crippen molar-refractivity contribution in [3.05, 3.63) is 23.8 Å². The molecule has 0 aromatic heterocycles. The van der Waals surface area contributed by atoms with Crippen LogP contribution in [0.3, 0.4) is 0 Å². The molecule has 0 N–H and O–H groups in total. The molecule has 28 heavy (non-hydrogen) atoms. The average Bonchev–Trinajstić information content (AvgIpc) is 3.64. The van der Waals surface area contributed by atoms with Crippen LogP contribution in [0.5, 0.6) is 0 Å². The molecule has 0 aromatic rings. The summed E-state index contributed by atoms with van der Waals surface area (Å²) in [6.07, 6.45) is 18.5. The van der Waals surface area contributed by atoms with Crippen molar-refractivity contribution in [2.45, 2.75) is 70.3 Å². The molecule has 3 unspecified atom stereocenters. The molecule has 6 aliphatic carbocycles. The summed E-state index contributed by atoms with van der Waals surface area (Å²) in [4.78, 5) is 12.2. The minimum atomic E-state index is 0.0782. The second-order valence-corrected chi connectivity index (χ2v) is 11.4. The summed E-state index contributed by atoms with van der Waals surface area (Å²) >= 11 is 0. The van der Waals surface area contributed by atoms with Gasteiger partial charge in [0.25, 0.3) is 0 Å². The lowest BCUT2D eigenvalue weighted by atomic mass is 9.45. The van der Waals surface area contributed by atoms with Crippen molar-refractivity contribution in [3.63, 3.8) is 0 Å². The summed E-state index contributed by atoms with van der Waals surface area (Å²) in [5.74, 6) is 7.31. The van der Waals surface area contributed by atoms with E-state index in [9.17, 15) is 4.79 Å². The molecular weight excluding hydrogens is 344 g/mol. The van der Waals surface area contributed by atoms with Crippen LogP contribution in [0.2, 0.25) is 0 Å². The van der Waals surface area contributed by atoms with Gasteiger partial charge in [-0.2, -0.15) is 0 Å². The minimum Gasteiger partial charge on any atom is -0.366 e. The number of carbonyl (C=O) groups is 1. The quantitative estimate of drug-likeness (QED) is 0.607. The summed E-state index contributed by atoms with van der Waals surface area (Å²) in [5.41, 5.74) is 2.04. The van der Waals surface area contributed by atoms with Gasteiger partial charge in [0.2, 0.25) is 0 Å². The molecule has 0 aromatic carbocycles. The SMILES string of the molecule is CC[C@]12CCC3C(C1[C@@H]1C[C@@H]1[C@@]21C=CCO1)[C@H](C1CC1)CC1=CC(=O)CC[C@@H]13. The number of hydrogen-bond donors (Lipinski definition) is 0. The molecule has 2 nitrogen and oxygen atoms in total. The van der Waals surface area contributed by atoms with Crippen LogP contribution in [0.25, 0.3) is 0 Å². The number of ketones is 1. The van der Waals surface area contributed by atoms with Crippen LogP contribution in [0, 0.1) is 52.8 Å². The Kier molecular flexibility index (Phi) is 3.26. The van der Waals surface area contributed by atoms with Gasteiger partial charge >= 0.3 is 0 Å². The van der Waals surface area contributed by atoms with E-state index in [1.807, 2.05) is 0 Å². The topological polar surface area (TPSA) is 26.3 Å². The van der Waals surface area contributed by atoms with E-state index in [4.69, 9.17) is 4.74 Å². The highest BCUT2D eigenvalue weighted by molar-refractivity contribution is 5.91. The maximum Gasteiger partial charge on any atom is 0.155 e. The third-order valence-electron chi connectivity index (χ3n) is 10.8. The maximum atomic E-state index is 12.2. The summed E-state index contributed by atoms with van der Waals surface area (Å²) in [5, 5.41) is 0. The van der Waals surface area contributed by atoms with Gasteiger partial charge in [-0.25, -0.2) is 0 Å². The summed E-state index contributed by atoms with van der Waals surface area (Å²) in [7, 11) is 0. The molecule has 7 rings (SSSR count). The normalized spacial score (nSPS) is 56.1. The lowest BCUT2D eigenvalue weighted by Crippen LogP contribution is -2.57. The number of allylic oxidation sites excluding steroid dienone is 1. The smallest absolute Gasteiger partial charge is 0.155 e. The van der Waals surface area contributed by atoms with E-state index < -0.39 is 0 Å². The van der Waals surface area contributed by atoms with Gasteiger partial charge in [-0.3, -0.25) is 4.79 Å². The van der Waals surface area contributed by atoms with Crippen molar-refractivity contribution in [3.8, 4) is 0 Å². The van der Waals surface area contributed by atoms with E-state index in [-0.39, 0.29) is 5.60 Å². The third kappa shape index (κ3) is 1.88. The molecule has 7 aliphatic rings.